The molecule has 1 aromatic rings. The number of hydrogen-bond acceptors (Lipinski definition) is 2. The molecule has 1 aliphatic rings. The van der Waals surface area contributed by atoms with Crippen LogP contribution in [0.25, 0.3) is 0 Å². The summed E-state index contributed by atoms with van der Waals surface area (Å²) in [5.41, 5.74) is 9.15. The molecule has 1 aromatic carbocycles. The largest absolute Gasteiger partial charge is 0.371 e. The van der Waals surface area contributed by atoms with Crippen LogP contribution in [0.2, 0.25) is 0 Å². The van der Waals surface area contributed by atoms with Crippen LogP contribution in [0.5, 0.6) is 0 Å². The molecule has 2 rings (SSSR count). The maximum absolute atomic E-state index is 6.16. The second kappa shape index (κ2) is 6.70. The van der Waals surface area contributed by atoms with E-state index in [0.717, 1.165) is 23.5 Å². The van der Waals surface area contributed by atoms with E-state index >= 15 is 0 Å². The average molecular weight is 353 g/mol. The van der Waals surface area contributed by atoms with E-state index in [1.54, 1.807) is 0 Å². The molecule has 0 amide bonds. The highest BCUT2D eigenvalue weighted by atomic mass is 79.9. The summed E-state index contributed by atoms with van der Waals surface area (Å²) < 4.78 is 1.14. The number of hydrogen-bond donors (Lipinski definition) is 1. The Morgan fingerprint density at radius 3 is 2.57 bits per heavy atom. The van der Waals surface area contributed by atoms with Gasteiger partial charge in [-0.05, 0) is 55.2 Å². The first kappa shape index (κ1) is 16.8. The van der Waals surface area contributed by atoms with E-state index in [9.17, 15) is 0 Å². The van der Waals surface area contributed by atoms with Crippen molar-refractivity contribution in [1.29, 1.82) is 0 Å². The number of halogens is 1. The molecule has 2 atom stereocenters. The molecule has 1 saturated heterocycles. The molecule has 0 saturated carbocycles. The molecule has 0 aromatic heterocycles. The minimum atomic E-state index is 0.0785. The van der Waals surface area contributed by atoms with E-state index < -0.39 is 0 Å². The molecule has 0 aliphatic carbocycles. The summed E-state index contributed by atoms with van der Waals surface area (Å²) in [5, 5.41) is 0. The Labute approximate surface area is 138 Å². The fraction of sp³-hybridized carbons (Fsp3) is 0.667. The average Bonchev–Trinajstić information content (AvgIpc) is 2.63. The third-order valence-electron chi connectivity index (χ3n) is 4.78. The molecule has 1 fully saturated rings. The van der Waals surface area contributed by atoms with Crippen LogP contribution in [0.3, 0.4) is 0 Å². The third-order valence-corrected chi connectivity index (χ3v) is 5.27. The fourth-order valence-corrected chi connectivity index (χ4v) is 3.73. The van der Waals surface area contributed by atoms with Crippen molar-refractivity contribution in [3.05, 3.63) is 28.2 Å². The Hall–Kier alpha value is -0.540. The zero-order chi connectivity index (χ0) is 15.6. The Bertz CT molecular complexity index is 477. The van der Waals surface area contributed by atoms with Crippen molar-refractivity contribution >= 4 is 21.6 Å². The molecule has 21 heavy (non-hydrogen) atoms. The van der Waals surface area contributed by atoms with Gasteiger partial charge in [-0.3, -0.25) is 0 Å². The Morgan fingerprint density at radius 1 is 1.24 bits per heavy atom. The predicted molar refractivity (Wildman–Crippen MR) is 95.8 cm³/mol. The first-order valence-electron chi connectivity index (χ1n) is 8.09. The first-order chi connectivity index (χ1) is 9.79. The molecule has 2 N–H and O–H groups in total. The minimum absolute atomic E-state index is 0.0785. The highest BCUT2D eigenvalue weighted by Crippen LogP contribution is 2.37. The van der Waals surface area contributed by atoms with Crippen LogP contribution in [0.4, 0.5) is 5.69 Å². The number of benzene rings is 1. The number of nitrogens with zero attached hydrogens (tertiary/aromatic N) is 1. The summed E-state index contributed by atoms with van der Waals surface area (Å²) in [6, 6.07) is 6.57. The second-order valence-corrected chi connectivity index (χ2v) is 8.39. The van der Waals surface area contributed by atoms with Gasteiger partial charge in [0.15, 0.2) is 0 Å². The lowest BCUT2D eigenvalue weighted by molar-refractivity contribution is 0.220. The maximum Gasteiger partial charge on any atom is 0.0425 e. The van der Waals surface area contributed by atoms with Gasteiger partial charge in [0.1, 0.15) is 0 Å². The lowest BCUT2D eigenvalue weighted by Gasteiger charge is -2.30. The minimum Gasteiger partial charge on any atom is -0.371 e. The summed E-state index contributed by atoms with van der Waals surface area (Å²) in [6.45, 7) is 11.5. The van der Waals surface area contributed by atoms with Crippen LogP contribution < -0.4 is 10.6 Å². The fourth-order valence-electron chi connectivity index (χ4n) is 3.38. The molecule has 0 radical (unpaired) electrons. The van der Waals surface area contributed by atoms with Gasteiger partial charge in [0.25, 0.3) is 0 Å². The molecule has 1 heterocycles. The topological polar surface area (TPSA) is 29.3 Å². The predicted octanol–water partition coefficient (Wildman–Crippen LogP) is 5.12. The third kappa shape index (κ3) is 4.23. The molecule has 0 bridgehead atoms. The van der Waals surface area contributed by atoms with Crippen molar-refractivity contribution in [3.63, 3.8) is 0 Å². The van der Waals surface area contributed by atoms with Gasteiger partial charge in [0, 0.05) is 29.3 Å². The van der Waals surface area contributed by atoms with E-state index in [1.807, 2.05) is 0 Å². The van der Waals surface area contributed by atoms with Gasteiger partial charge >= 0.3 is 0 Å². The summed E-state index contributed by atoms with van der Waals surface area (Å²) in [6.07, 6.45) is 3.88. The zero-order valence-electron chi connectivity index (χ0n) is 13.8. The maximum atomic E-state index is 6.16. The number of anilines is 1. The highest BCUT2D eigenvalue weighted by molar-refractivity contribution is 9.10. The summed E-state index contributed by atoms with van der Waals surface area (Å²) in [7, 11) is 0. The zero-order valence-corrected chi connectivity index (χ0v) is 15.4. The molecule has 0 spiro atoms. The molecular formula is C18H29BrN2. The molecule has 118 valence electrons. The van der Waals surface area contributed by atoms with Gasteiger partial charge in [-0.1, -0.05) is 42.8 Å². The van der Waals surface area contributed by atoms with Gasteiger partial charge in [-0.15, -0.1) is 0 Å². The standard InChI is InChI=1S/C18H29BrN2/c1-13(20)16-8-7-15(19)12-17(16)21-10-5-6-14(9-11-21)18(2,3)4/h7-8,12-14H,5-6,9-11,20H2,1-4H3. The van der Waals surface area contributed by atoms with E-state index in [1.165, 1.54) is 30.5 Å². The number of nitrogens with two attached hydrogens (primary N) is 1. The summed E-state index contributed by atoms with van der Waals surface area (Å²) in [5.74, 6) is 0.813. The first-order valence-corrected chi connectivity index (χ1v) is 8.88. The van der Waals surface area contributed by atoms with E-state index in [2.05, 4.69) is 66.7 Å². The smallest absolute Gasteiger partial charge is 0.0425 e. The van der Waals surface area contributed by atoms with Crippen LogP contribution in [-0.2, 0) is 0 Å². The van der Waals surface area contributed by atoms with Gasteiger partial charge in [-0.2, -0.15) is 0 Å². The summed E-state index contributed by atoms with van der Waals surface area (Å²) >= 11 is 3.61. The van der Waals surface area contributed by atoms with Crippen molar-refractivity contribution < 1.29 is 0 Å². The van der Waals surface area contributed by atoms with Gasteiger partial charge in [-0.25, -0.2) is 0 Å². The van der Waals surface area contributed by atoms with Gasteiger partial charge in [0.2, 0.25) is 0 Å². The lowest BCUT2D eigenvalue weighted by Crippen LogP contribution is -2.27. The van der Waals surface area contributed by atoms with Crippen LogP contribution in [0.1, 0.15) is 58.6 Å². The molecule has 1 aliphatic heterocycles. The Morgan fingerprint density at radius 2 is 1.95 bits per heavy atom. The highest BCUT2D eigenvalue weighted by Gasteiger charge is 2.27. The number of rotatable bonds is 2. The van der Waals surface area contributed by atoms with Crippen molar-refractivity contribution in [2.45, 2.75) is 53.0 Å². The molecule has 3 heteroatoms. The van der Waals surface area contributed by atoms with E-state index in [4.69, 9.17) is 5.73 Å². The Balaban J connectivity index is 2.21. The Kier molecular flexibility index (Phi) is 5.37. The van der Waals surface area contributed by atoms with Crippen LogP contribution >= 0.6 is 15.9 Å². The molecule has 2 unspecified atom stereocenters. The second-order valence-electron chi connectivity index (χ2n) is 7.47. The molecular weight excluding hydrogens is 324 g/mol. The van der Waals surface area contributed by atoms with Crippen LogP contribution in [0, 0.1) is 11.3 Å². The van der Waals surface area contributed by atoms with Crippen LogP contribution in [-0.4, -0.2) is 13.1 Å². The normalized spacial score (nSPS) is 22.0. The van der Waals surface area contributed by atoms with Gasteiger partial charge < -0.3 is 10.6 Å². The monoisotopic (exact) mass is 352 g/mol. The lowest BCUT2D eigenvalue weighted by atomic mass is 9.77. The van der Waals surface area contributed by atoms with Crippen molar-refractivity contribution in [1.82, 2.24) is 0 Å². The van der Waals surface area contributed by atoms with Crippen LogP contribution in [0.15, 0.2) is 22.7 Å². The van der Waals surface area contributed by atoms with Gasteiger partial charge in [0.05, 0.1) is 0 Å². The van der Waals surface area contributed by atoms with E-state index in [0.29, 0.717) is 5.41 Å². The van der Waals surface area contributed by atoms with E-state index in [-0.39, 0.29) is 6.04 Å². The quantitative estimate of drug-likeness (QED) is 0.799. The van der Waals surface area contributed by atoms with Crippen molar-refractivity contribution in [2.24, 2.45) is 17.1 Å². The molecule has 2 nitrogen and oxygen atoms in total. The SMILES string of the molecule is CC(N)c1ccc(Br)cc1N1CCCC(C(C)(C)C)CC1. The summed E-state index contributed by atoms with van der Waals surface area (Å²) in [4.78, 5) is 2.54. The van der Waals surface area contributed by atoms with Crippen molar-refractivity contribution in [2.75, 3.05) is 18.0 Å². The van der Waals surface area contributed by atoms with Crippen molar-refractivity contribution in [3.8, 4) is 0 Å².